The molecule has 0 aliphatic carbocycles. The number of nitrogens with zero attached hydrogens (tertiary/aromatic N) is 3. The Morgan fingerprint density at radius 3 is 2.82 bits per heavy atom. The lowest BCUT2D eigenvalue weighted by Gasteiger charge is -2.05. The van der Waals surface area contributed by atoms with Crippen LogP contribution in [0, 0.1) is 6.92 Å². The molecule has 0 aliphatic rings. The zero-order valence-electron chi connectivity index (χ0n) is 15.4. The number of carbonyl (C=O) groups excluding carboxylic acids is 1. The first-order valence-corrected chi connectivity index (χ1v) is 10.3. The number of aromatic nitrogens is 3. The molecule has 0 saturated heterocycles. The number of nitrogens with one attached hydrogen (secondary N) is 1. The van der Waals surface area contributed by atoms with Crippen molar-refractivity contribution in [3.63, 3.8) is 0 Å². The van der Waals surface area contributed by atoms with Gasteiger partial charge in [-0.3, -0.25) is 4.79 Å². The fourth-order valence-corrected chi connectivity index (χ4v) is 4.00. The van der Waals surface area contributed by atoms with E-state index in [4.69, 9.17) is 11.6 Å². The molecule has 0 bridgehead atoms. The first kappa shape index (κ1) is 18.7. The maximum absolute atomic E-state index is 12.2. The first-order chi connectivity index (χ1) is 13.6. The van der Waals surface area contributed by atoms with Crippen molar-refractivity contribution >= 4 is 33.8 Å². The van der Waals surface area contributed by atoms with Crippen LogP contribution in [0.2, 0.25) is 5.02 Å². The summed E-state index contributed by atoms with van der Waals surface area (Å²) >= 11 is 7.49. The second-order valence-electron chi connectivity index (χ2n) is 6.63. The van der Waals surface area contributed by atoms with Gasteiger partial charge in [-0.05, 0) is 36.8 Å². The van der Waals surface area contributed by atoms with Crippen molar-refractivity contribution in [1.82, 2.24) is 19.9 Å². The van der Waals surface area contributed by atoms with E-state index < -0.39 is 0 Å². The van der Waals surface area contributed by atoms with Crippen LogP contribution in [-0.4, -0.2) is 27.0 Å². The summed E-state index contributed by atoms with van der Waals surface area (Å²) in [6.07, 6.45) is 1.09. The van der Waals surface area contributed by atoms with Gasteiger partial charge in [0.1, 0.15) is 0 Å². The second-order valence-corrected chi connectivity index (χ2v) is 7.90. The molecule has 1 amide bonds. The van der Waals surface area contributed by atoms with Crippen molar-refractivity contribution in [2.24, 2.45) is 0 Å². The van der Waals surface area contributed by atoms with Gasteiger partial charge in [0, 0.05) is 28.9 Å². The van der Waals surface area contributed by atoms with Gasteiger partial charge in [0.25, 0.3) is 0 Å². The molecule has 4 aromatic rings. The van der Waals surface area contributed by atoms with E-state index >= 15 is 0 Å². The van der Waals surface area contributed by atoms with Crippen molar-refractivity contribution < 1.29 is 4.79 Å². The van der Waals surface area contributed by atoms with E-state index in [9.17, 15) is 4.79 Å². The van der Waals surface area contributed by atoms with Gasteiger partial charge < -0.3 is 5.32 Å². The van der Waals surface area contributed by atoms with E-state index in [-0.39, 0.29) is 5.91 Å². The second kappa shape index (κ2) is 8.12. The predicted octanol–water partition coefficient (Wildman–Crippen LogP) is 4.32. The topological polar surface area (TPSA) is 59.3 Å². The Bertz CT molecular complexity index is 1120. The number of fused-ring (bicyclic) bond motifs is 1. The number of hydrogen-bond donors (Lipinski definition) is 1. The summed E-state index contributed by atoms with van der Waals surface area (Å²) in [4.78, 5) is 17.6. The maximum atomic E-state index is 12.2. The number of halogens is 1. The number of aryl methyl sites for hydroxylation is 1. The Labute approximate surface area is 172 Å². The van der Waals surface area contributed by atoms with Crippen molar-refractivity contribution in [1.29, 1.82) is 0 Å². The third kappa shape index (κ3) is 4.24. The predicted molar refractivity (Wildman–Crippen MR) is 113 cm³/mol. The molecule has 0 fully saturated rings. The highest BCUT2D eigenvalue weighted by atomic mass is 35.5. The Morgan fingerprint density at radius 2 is 2.04 bits per heavy atom. The van der Waals surface area contributed by atoms with Gasteiger partial charge in [0.2, 0.25) is 10.9 Å². The summed E-state index contributed by atoms with van der Waals surface area (Å²) in [5.74, 6) is 0.700. The molecule has 0 spiro atoms. The van der Waals surface area contributed by atoms with Crippen LogP contribution in [-0.2, 0) is 17.6 Å². The van der Waals surface area contributed by atoms with Gasteiger partial charge in [-0.15, -0.1) is 16.4 Å². The Morgan fingerprint density at radius 1 is 1.21 bits per heavy atom. The minimum atomic E-state index is 0.0255. The number of rotatable bonds is 6. The van der Waals surface area contributed by atoms with E-state index in [0.717, 1.165) is 27.3 Å². The highest BCUT2D eigenvalue weighted by Crippen LogP contribution is 2.22. The van der Waals surface area contributed by atoms with Gasteiger partial charge in [-0.2, -0.15) is 4.98 Å². The van der Waals surface area contributed by atoms with Crippen LogP contribution in [0.3, 0.4) is 0 Å². The fraction of sp³-hybridized carbons (Fsp3) is 0.190. The zero-order chi connectivity index (χ0) is 19.5. The van der Waals surface area contributed by atoms with Crippen LogP contribution in [0.25, 0.3) is 16.3 Å². The number of hydrogen-bond acceptors (Lipinski definition) is 4. The lowest BCUT2D eigenvalue weighted by atomic mass is 10.1. The molecule has 0 radical (unpaired) electrons. The van der Waals surface area contributed by atoms with Crippen LogP contribution < -0.4 is 5.32 Å². The lowest BCUT2D eigenvalue weighted by Crippen LogP contribution is -2.27. The minimum Gasteiger partial charge on any atom is -0.355 e. The van der Waals surface area contributed by atoms with Gasteiger partial charge in [-0.1, -0.05) is 41.4 Å². The smallest absolute Gasteiger partial charge is 0.224 e. The van der Waals surface area contributed by atoms with Crippen LogP contribution in [0.4, 0.5) is 0 Å². The van der Waals surface area contributed by atoms with Crippen molar-refractivity contribution in [2.45, 2.75) is 19.8 Å². The molecule has 0 atom stereocenters. The Balaban J connectivity index is 1.38. The van der Waals surface area contributed by atoms with E-state index in [0.29, 0.717) is 30.2 Å². The molecule has 7 heteroatoms. The third-order valence-electron chi connectivity index (χ3n) is 4.40. The molecular formula is C21H19ClN4OS. The molecule has 4 rings (SSSR count). The van der Waals surface area contributed by atoms with Gasteiger partial charge in [0.05, 0.1) is 12.1 Å². The molecule has 28 heavy (non-hydrogen) atoms. The molecule has 5 nitrogen and oxygen atoms in total. The summed E-state index contributed by atoms with van der Waals surface area (Å²) in [6.45, 7) is 2.59. The van der Waals surface area contributed by atoms with Gasteiger partial charge in [0.15, 0.2) is 5.82 Å². The molecular weight excluding hydrogens is 392 g/mol. The Hall–Kier alpha value is -2.70. The number of carbonyl (C=O) groups is 1. The first-order valence-electron chi connectivity index (χ1n) is 9.00. The van der Waals surface area contributed by atoms with Crippen molar-refractivity contribution in [3.05, 3.63) is 75.8 Å². The van der Waals surface area contributed by atoms with Crippen LogP contribution >= 0.6 is 22.9 Å². The van der Waals surface area contributed by atoms with E-state index in [1.54, 1.807) is 11.3 Å². The average molecular weight is 411 g/mol. The average Bonchev–Trinajstić information content (AvgIpc) is 3.24. The molecule has 0 unspecified atom stereocenters. The van der Waals surface area contributed by atoms with E-state index in [1.165, 1.54) is 0 Å². The SMILES string of the molecule is Cc1cccc(CC(=O)NCCc2csc3nc(-c4ccc(Cl)cc4)nn23)c1. The molecule has 0 saturated carbocycles. The van der Waals surface area contributed by atoms with Gasteiger partial charge >= 0.3 is 0 Å². The van der Waals surface area contributed by atoms with E-state index in [2.05, 4.69) is 15.4 Å². The highest BCUT2D eigenvalue weighted by Gasteiger charge is 2.12. The summed E-state index contributed by atoms with van der Waals surface area (Å²) in [7, 11) is 0. The molecule has 0 aliphatic heterocycles. The fourth-order valence-electron chi connectivity index (χ4n) is 3.02. The number of benzene rings is 2. The van der Waals surface area contributed by atoms with E-state index in [1.807, 2.05) is 65.4 Å². The summed E-state index contributed by atoms with van der Waals surface area (Å²) < 4.78 is 1.85. The molecule has 142 valence electrons. The summed E-state index contributed by atoms with van der Waals surface area (Å²) in [5, 5.41) is 10.3. The maximum Gasteiger partial charge on any atom is 0.224 e. The summed E-state index contributed by atoms with van der Waals surface area (Å²) in [5.41, 5.74) is 4.15. The van der Waals surface area contributed by atoms with Crippen molar-refractivity contribution in [2.75, 3.05) is 6.54 Å². The minimum absolute atomic E-state index is 0.0255. The molecule has 2 aromatic carbocycles. The normalized spacial score (nSPS) is 11.1. The monoisotopic (exact) mass is 410 g/mol. The quantitative estimate of drug-likeness (QED) is 0.515. The van der Waals surface area contributed by atoms with Crippen molar-refractivity contribution in [3.8, 4) is 11.4 Å². The van der Waals surface area contributed by atoms with Crippen LogP contribution in [0.5, 0.6) is 0 Å². The Kier molecular flexibility index (Phi) is 5.41. The lowest BCUT2D eigenvalue weighted by molar-refractivity contribution is -0.120. The molecule has 2 aromatic heterocycles. The van der Waals surface area contributed by atoms with Gasteiger partial charge in [-0.25, -0.2) is 4.52 Å². The number of amides is 1. The zero-order valence-corrected chi connectivity index (χ0v) is 16.9. The largest absolute Gasteiger partial charge is 0.355 e. The van der Waals surface area contributed by atoms with Crippen LogP contribution in [0.1, 0.15) is 16.8 Å². The summed E-state index contributed by atoms with van der Waals surface area (Å²) in [6, 6.07) is 15.5. The third-order valence-corrected chi connectivity index (χ3v) is 5.52. The molecule has 1 N–H and O–H groups in total. The molecule has 2 heterocycles. The standard InChI is InChI=1S/C21H19ClN4OS/c1-14-3-2-4-15(11-14)12-19(27)23-10-9-18-13-28-21-24-20(25-26(18)21)16-5-7-17(22)8-6-16/h2-8,11,13H,9-10,12H2,1H3,(H,23,27). The number of thiazole rings is 1. The highest BCUT2D eigenvalue weighted by molar-refractivity contribution is 7.15. The van der Waals surface area contributed by atoms with Crippen LogP contribution in [0.15, 0.2) is 53.9 Å².